The van der Waals surface area contributed by atoms with Crippen LogP contribution in [0.2, 0.25) is 0 Å². The monoisotopic (exact) mass is 372 g/mol. The number of hydrogen-bond acceptors (Lipinski definition) is 1. The highest BCUT2D eigenvalue weighted by Gasteiger charge is 2.18. The highest BCUT2D eigenvalue weighted by Crippen LogP contribution is 2.33. The summed E-state index contributed by atoms with van der Waals surface area (Å²) in [7, 11) is 0. The number of nitrogens with one attached hydrogen (secondary N) is 2. The molecule has 3 aromatic rings. The Bertz CT molecular complexity index is 840. The van der Waals surface area contributed by atoms with E-state index in [1.807, 2.05) is 30.5 Å². The van der Waals surface area contributed by atoms with Gasteiger partial charge in [0.05, 0.1) is 5.69 Å². The van der Waals surface area contributed by atoms with Crippen LogP contribution in [0.15, 0.2) is 66.9 Å². The Hall–Kier alpha value is -2.03. The van der Waals surface area contributed by atoms with Gasteiger partial charge in [-0.1, -0.05) is 51.1 Å². The zero-order valence-corrected chi connectivity index (χ0v) is 16.1. The predicted octanol–water partition coefficient (Wildman–Crippen LogP) is 2.70. The Labute approximate surface area is 160 Å². The highest BCUT2D eigenvalue weighted by atomic mass is 35.5. The first-order chi connectivity index (χ1) is 11.5. The number of rotatable bonds is 3. The topological polar surface area (TPSA) is 26.2 Å². The van der Waals surface area contributed by atoms with Gasteiger partial charge in [0.25, 0.3) is 0 Å². The van der Waals surface area contributed by atoms with Crippen LogP contribution in [-0.4, -0.2) is 0 Å². The van der Waals surface area contributed by atoms with Crippen LogP contribution in [0.4, 0.5) is 5.69 Å². The second-order valence-electron chi connectivity index (χ2n) is 6.96. The number of aromatic nitrogens is 1. The number of pyridine rings is 1. The van der Waals surface area contributed by atoms with Gasteiger partial charge >= 0.3 is 0 Å². The summed E-state index contributed by atoms with van der Waals surface area (Å²) >= 11 is 5.91. The molecular weight excluding hydrogens is 351 g/mol. The lowest BCUT2D eigenvalue weighted by Gasteiger charge is -2.18. The summed E-state index contributed by atoms with van der Waals surface area (Å²) in [5.41, 5.74) is 6.77. The van der Waals surface area contributed by atoms with Gasteiger partial charge in [0.2, 0.25) is 5.69 Å². The fraction of sp³-hybridized carbons (Fsp3) is 0.190. The van der Waals surface area contributed by atoms with Crippen LogP contribution in [0.5, 0.6) is 0 Å². The Balaban J connectivity index is 0.00000225. The van der Waals surface area contributed by atoms with Crippen molar-refractivity contribution in [3.05, 3.63) is 72.4 Å². The maximum Gasteiger partial charge on any atom is 0.211 e. The normalized spacial score (nSPS) is 10.9. The maximum atomic E-state index is 5.91. The van der Waals surface area contributed by atoms with Crippen molar-refractivity contribution >= 4 is 17.5 Å². The van der Waals surface area contributed by atoms with Crippen molar-refractivity contribution in [2.24, 2.45) is 0 Å². The zero-order valence-electron chi connectivity index (χ0n) is 14.6. The van der Waals surface area contributed by atoms with E-state index in [2.05, 4.69) is 67.0 Å². The third-order valence-corrected chi connectivity index (χ3v) is 4.39. The lowest BCUT2D eigenvalue weighted by atomic mass is 9.87. The van der Waals surface area contributed by atoms with E-state index in [9.17, 15) is 0 Å². The summed E-state index contributed by atoms with van der Waals surface area (Å²) in [6, 6.07) is 20.9. The van der Waals surface area contributed by atoms with Crippen molar-refractivity contribution in [2.45, 2.75) is 26.2 Å². The van der Waals surface area contributed by atoms with Crippen LogP contribution in [0.1, 0.15) is 26.3 Å². The lowest BCUT2D eigenvalue weighted by molar-refractivity contribution is -0.364. The van der Waals surface area contributed by atoms with Gasteiger partial charge in [-0.15, -0.1) is 0 Å². The summed E-state index contributed by atoms with van der Waals surface area (Å²) in [5.74, 6) is 0. The smallest absolute Gasteiger partial charge is 0.211 e. The molecule has 0 saturated heterocycles. The van der Waals surface area contributed by atoms with E-state index in [0.29, 0.717) is 0 Å². The Morgan fingerprint density at radius 2 is 1.60 bits per heavy atom. The van der Waals surface area contributed by atoms with Crippen molar-refractivity contribution in [1.29, 1.82) is 0 Å². The molecule has 2 N–H and O–H groups in total. The number of aromatic amines is 1. The van der Waals surface area contributed by atoms with Gasteiger partial charge in [0, 0.05) is 35.0 Å². The molecule has 0 atom stereocenters. The van der Waals surface area contributed by atoms with Crippen LogP contribution in [0.25, 0.3) is 22.4 Å². The van der Waals surface area contributed by atoms with Crippen molar-refractivity contribution in [3.8, 4) is 22.4 Å². The Morgan fingerprint density at radius 1 is 0.880 bits per heavy atom. The zero-order chi connectivity index (χ0) is 17.2. The predicted molar refractivity (Wildman–Crippen MR) is 102 cm³/mol. The first-order valence-electron chi connectivity index (χ1n) is 8.08. The quantitative estimate of drug-likeness (QED) is 0.702. The first kappa shape index (κ1) is 19.3. The first-order valence-corrected chi connectivity index (χ1v) is 8.45. The molecule has 2 nitrogen and oxygen atoms in total. The fourth-order valence-corrected chi connectivity index (χ4v) is 2.92. The summed E-state index contributed by atoms with van der Waals surface area (Å²) < 4.78 is 0. The van der Waals surface area contributed by atoms with Gasteiger partial charge in [-0.25, -0.2) is 4.98 Å². The third kappa shape index (κ3) is 4.33. The van der Waals surface area contributed by atoms with Crippen LogP contribution >= 0.6 is 11.8 Å². The van der Waals surface area contributed by atoms with Crippen molar-refractivity contribution in [3.63, 3.8) is 0 Å². The molecule has 2 aromatic carbocycles. The highest BCUT2D eigenvalue weighted by molar-refractivity contribution is 6.25. The Morgan fingerprint density at radius 3 is 2.24 bits per heavy atom. The van der Waals surface area contributed by atoms with Gasteiger partial charge in [0.15, 0.2) is 6.20 Å². The van der Waals surface area contributed by atoms with Gasteiger partial charge < -0.3 is 12.4 Å². The molecule has 1 heterocycles. The summed E-state index contributed by atoms with van der Waals surface area (Å²) in [6.07, 6.45) is 2.01. The largest absolute Gasteiger partial charge is 1.00 e. The minimum atomic E-state index is 0. The summed E-state index contributed by atoms with van der Waals surface area (Å²) in [4.78, 5) is 6.13. The van der Waals surface area contributed by atoms with Gasteiger partial charge in [0.1, 0.15) is 0 Å². The molecule has 1 aromatic heterocycles. The third-order valence-electron chi connectivity index (χ3n) is 4.18. The van der Waals surface area contributed by atoms with E-state index < -0.39 is 0 Å². The van der Waals surface area contributed by atoms with Crippen molar-refractivity contribution in [2.75, 3.05) is 4.84 Å². The molecule has 25 heavy (non-hydrogen) atoms. The maximum absolute atomic E-state index is 5.91. The number of H-pyrrole nitrogens is 1. The summed E-state index contributed by atoms with van der Waals surface area (Å²) in [6.45, 7) is 6.67. The molecule has 0 unspecified atom stereocenters. The van der Waals surface area contributed by atoms with Crippen molar-refractivity contribution in [1.82, 2.24) is 0 Å². The van der Waals surface area contributed by atoms with E-state index >= 15 is 0 Å². The number of benzene rings is 2. The minimum Gasteiger partial charge on any atom is -1.00 e. The molecule has 0 spiro atoms. The molecule has 3 rings (SSSR count). The Kier molecular flexibility index (Phi) is 6.10. The van der Waals surface area contributed by atoms with Crippen LogP contribution in [0, 0.1) is 0 Å². The van der Waals surface area contributed by atoms with Crippen molar-refractivity contribution < 1.29 is 17.4 Å². The second-order valence-corrected chi connectivity index (χ2v) is 7.15. The molecule has 0 aliphatic rings. The number of hydrogen-bond donors (Lipinski definition) is 1. The van der Waals surface area contributed by atoms with E-state index in [4.69, 9.17) is 11.8 Å². The molecule has 0 saturated carbocycles. The molecule has 130 valence electrons. The SMILES string of the molecule is CC(C)(C)c1cc[nH+]c(-c2ccc(NCl)c(-c3ccccc3)c2)c1.[Cl-]. The molecule has 0 bridgehead atoms. The van der Waals surface area contributed by atoms with Gasteiger partial charge in [-0.05, 0) is 34.7 Å². The van der Waals surface area contributed by atoms with Crippen LogP contribution in [0.3, 0.4) is 0 Å². The van der Waals surface area contributed by atoms with E-state index in [1.54, 1.807) is 0 Å². The second kappa shape index (κ2) is 7.90. The number of anilines is 1. The van der Waals surface area contributed by atoms with Crippen LogP contribution < -0.4 is 22.2 Å². The molecule has 0 radical (unpaired) electrons. The molecule has 0 aliphatic heterocycles. The molecule has 0 aliphatic carbocycles. The lowest BCUT2D eigenvalue weighted by Crippen LogP contribution is -3.00. The van der Waals surface area contributed by atoms with Crippen LogP contribution in [-0.2, 0) is 5.41 Å². The molecule has 0 amide bonds. The molecular formula is C21H22Cl2N2. The molecule has 4 heteroatoms. The fourth-order valence-electron chi connectivity index (χ4n) is 2.75. The average Bonchev–Trinajstić information content (AvgIpc) is 2.61. The average molecular weight is 373 g/mol. The van der Waals surface area contributed by atoms with Gasteiger partial charge in [-0.2, -0.15) is 0 Å². The molecule has 0 fully saturated rings. The standard InChI is InChI=1S/C21H21ClN2.ClH/c1-21(2,3)17-11-12-23-20(14-17)16-9-10-19(24-22)18(13-16)15-7-5-4-6-8-15;/h4-14,24H,1-3H3;1H. The van der Waals surface area contributed by atoms with E-state index in [0.717, 1.165) is 28.1 Å². The van der Waals surface area contributed by atoms with E-state index in [1.165, 1.54) is 5.56 Å². The number of halogens is 2. The summed E-state index contributed by atoms with van der Waals surface area (Å²) in [5, 5.41) is 0. The van der Waals surface area contributed by atoms with Gasteiger partial charge in [-0.3, -0.25) is 4.84 Å². The van der Waals surface area contributed by atoms with E-state index in [-0.39, 0.29) is 17.8 Å². The minimum absolute atomic E-state index is 0.